The van der Waals surface area contributed by atoms with E-state index in [1.807, 2.05) is 0 Å². The van der Waals surface area contributed by atoms with Gasteiger partial charge in [-0.05, 0) is 18.3 Å². The number of aromatic amines is 1. The first-order chi connectivity index (χ1) is 8.70. The Hall–Kier alpha value is -0.790. The highest BCUT2D eigenvalue weighted by atomic mass is 15.0. The lowest BCUT2D eigenvalue weighted by Gasteiger charge is -2.25. The van der Waals surface area contributed by atoms with Crippen molar-refractivity contribution in [3.63, 3.8) is 0 Å². The Morgan fingerprint density at radius 1 is 1.11 bits per heavy atom. The van der Waals surface area contributed by atoms with E-state index in [1.165, 1.54) is 24.2 Å². The largest absolute Gasteiger partial charge is 0.345 e. The van der Waals surface area contributed by atoms with Crippen LogP contribution in [0.2, 0.25) is 0 Å². The molecule has 1 unspecified atom stereocenters. The lowest BCUT2D eigenvalue weighted by atomic mass is 9.82. The van der Waals surface area contributed by atoms with Crippen LogP contribution in [0.3, 0.4) is 0 Å². The van der Waals surface area contributed by atoms with Crippen molar-refractivity contribution >= 4 is 0 Å². The van der Waals surface area contributed by atoms with Crippen molar-refractivity contribution in [2.24, 2.45) is 5.92 Å². The Morgan fingerprint density at radius 3 is 2.11 bits per heavy atom. The van der Waals surface area contributed by atoms with Crippen molar-refractivity contribution in [3.8, 4) is 0 Å². The number of nitrogens with zero attached hydrogens (tertiary/aromatic N) is 1. The van der Waals surface area contributed by atoms with Gasteiger partial charge in [0.1, 0.15) is 5.82 Å². The molecule has 0 bridgehead atoms. The summed E-state index contributed by atoms with van der Waals surface area (Å²) in [5, 5.41) is 0. The molecule has 0 saturated carbocycles. The summed E-state index contributed by atoms with van der Waals surface area (Å²) in [6.45, 7) is 18.2. The van der Waals surface area contributed by atoms with E-state index >= 15 is 0 Å². The van der Waals surface area contributed by atoms with Gasteiger partial charge in [0.15, 0.2) is 0 Å². The third-order valence-corrected chi connectivity index (χ3v) is 4.28. The second kappa shape index (κ2) is 6.11. The Kier molecular flexibility index (Phi) is 5.23. The molecule has 1 rings (SSSR count). The molecule has 1 N–H and O–H groups in total. The molecule has 0 spiro atoms. The van der Waals surface area contributed by atoms with Crippen LogP contribution >= 0.6 is 0 Å². The second-order valence-electron chi connectivity index (χ2n) is 7.20. The van der Waals surface area contributed by atoms with Gasteiger partial charge in [-0.2, -0.15) is 0 Å². The molecular formula is C17H32N2. The summed E-state index contributed by atoms with van der Waals surface area (Å²) in [5.41, 5.74) is 2.81. The molecule has 1 aromatic heterocycles. The minimum Gasteiger partial charge on any atom is -0.345 e. The molecule has 2 nitrogen and oxygen atoms in total. The summed E-state index contributed by atoms with van der Waals surface area (Å²) in [7, 11) is 0. The number of imidazole rings is 1. The third-order valence-electron chi connectivity index (χ3n) is 4.28. The van der Waals surface area contributed by atoms with Gasteiger partial charge in [-0.15, -0.1) is 0 Å². The Morgan fingerprint density at radius 2 is 1.68 bits per heavy atom. The van der Waals surface area contributed by atoms with Crippen LogP contribution in [-0.2, 0) is 5.41 Å². The third kappa shape index (κ3) is 3.61. The number of nitrogens with one attached hydrogen (secondary N) is 1. The number of aromatic nitrogens is 2. The molecule has 0 aromatic carbocycles. The zero-order chi connectivity index (χ0) is 14.8. The highest BCUT2D eigenvalue weighted by Crippen LogP contribution is 2.34. The van der Waals surface area contributed by atoms with Gasteiger partial charge in [0.25, 0.3) is 0 Å². The van der Waals surface area contributed by atoms with Crippen molar-refractivity contribution in [1.29, 1.82) is 0 Å². The minimum absolute atomic E-state index is 0.191. The Bertz CT molecular complexity index is 399. The number of H-pyrrole nitrogens is 1. The maximum Gasteiger partial charge on any atom is 0.109 e. The van der Waals surface area contributed by atoms with Gasteiger partial charge < -0.3 is 4.98 Å². The van der Waals surface area contributed by atoms with Gasteiger partial charge in [0.2, 0.25) is 0 Å². The van der Waals surface area contributed by atoms with Crippen LogP contribution in [0.15, 0.2) is 0 Å². The number of hydrogen-bond acceptors (Lipinski definition) is 1. The van der Waals surface area contributed by atoms with Crippen LogP contribution < -0.4 is 0 Å². The molecule has 0 amide bonds. The molecule has 2 heteroatoms. The van der Waals surface area contributed by atoms with Crippen molar-refractivity contribution in [3.05, 3.63) is 17.2 Å². The predicted octanol–water partition coefficient (Wildman–Crippen LogP) is 5.37. The molecule has 110 valence electrons. The predicted molar refractivity (Wildman–Crippen MR) is 83.9 cm³/mol. The normalized spacial score (nSPS) is 14.4. The lowest BCUT2D eigenvalue weighted by Crippen LogP contribution is -2.20. The topological polar surface area (TPSA) is 28.7 Å². The van der Waals surface area contributed by atoms with Crippen LogP contribution in [0.4, 0.5) is 0 Å². The van der Waals surface area contributed by atoms with Crippen molar-refractivity contribution < 1.29 is 0 Å². The summed E-state index contributed by atoms with van der Waals surface area (Å²) in [6.07, 6.45) is 2.41. The highest BCUT2D eigenvalue weighted by molar-refractivity contribution is 5.26. The molecule has 0 aliphatic carbocycles. The van der Waals surface area contributed by atoms with Gasteiger partial charge in [0.05, 0.1) is 5.69 Å². The highest BCUT2D eigenvalue weighted by Gasteiger charge is 2.28. The van der Waals surface area contributed by atoms with E-state index in [4.69, 9.17) is 4.98 Å². The molecular weight excluding hydrogens is 232 g/mol. The summed E-state index contributed by atoms with van der Waals surface area (Å²) in [5.74, 6) is 2.75. The van der Waals surface area contributed by atoms with E-state index < -0.39 is 0 Å². The van der Waals surface area contributed by atoms with E-state index in [1.54, 1.807) is 0 Å². The van der Waals surface area contributed by atoms with E-state index in [0.717, 1.165) is 5.82 Å². The number of rotatable bonds is 6. The first kappa shape index (κ1) is 16.3. The van der Waals surface area contributed by atoms with E-state index in [9.17, 15) is 0 Å². The fourth-order valence-corrected chi connectivity index (χ4v) is 2.62. The van der Waals surface area contributed by atoms with Gasteiger partial charge in [-0.25, -0.2) is 4.98 Å². The molecule has 1 atom stereocenters. The zero-order valence-electron chi connectivity index (χ0n) is 14.1. The van der Waals surface area contributed by atoms with Crippen molar-refractivity contribution in [2.75, 3.05) is 0 Å². The standard InChI is InChI=1S/C17H32N2/c1-9-10-17(7,8)15-14(12(4)5)18-16(19-15)13(6)11(2)3/h11-13H,9-10H2,1-8H3,(H,18,19). The molecule has 0 radical (unpaired) electrons. The monoisotopic (exact) mass is 264 g/mol. The van der Waals surface area contributed by atoms with Gasteiger partial charge in [0, 0.05) is 17.0 Å². The van der Waals surface area contributed by atoms with Crippen LogP contribution in [-0.4, -0.2) is 9.97 Å². The fraction of sp³-hybridized carbons (Fsp3) is 0.824. The van der Waals surface area contributed by atoms with Crippen LogP contribution in [0.25, 0.3) is 0 Å². The van der Waals surface area contributed by atoms with Crippen LogP contribution in [0, 0.1) is 5.92 Å². The molecule has 0 fully saturated rings. The maximum absolute atomic E-state index is 4.92. The number of hydrogen-bond donors (Lipinski definition) is 1. The summed E-state index contributed by atoms with van der Waals surface area (Å²) >= 11 is 0. The molecule has 0 saturated heterocycles. The molecule has 1 heterocycles. The molecule has 0 aliphatic heterocycles. The average Bonchev–Trinajstić information content (AvgIpc) is 2.73. The van der Waals surface area contributed by atoms with E-state index in [2.05, 4.69) is 60.4 Å². The van der Waals surface area contributed by atoms with E-state index in [0.29, 0.717) is 17.8 Å². The summed E-state index contributed by atoms with van der Waals surface area (Å²) < 4.78 is 0. The fourth-order valence-electron chi connectivity index (χ4n) is 2.62. The lowest BCUT2D eigenvalue weighted by molar-refractivity contribution is 0.451. The quantitative estimate of drug-likeness (QED) is 0.735. The molecule has 1 aromatic rings. The maximum atomic E-state index is 4.92. The van der Waals surface area contributed by atoms with Crippen molar-refractivity contribution in [2.45, 2.75) is 85.5 Å². The second-order valence-corrected chi connectivity index (χ2v) is 7.20. The Balaban J connectivity index is 3.23. The van der Waals surface area contributed by atoms with Crippen LogP contribution in [0.1, 0.15) is 97.3 Å². The van der Waals surface area contributed by atoms with Crippen LogP contribution in [0.5, 0.6) is 0 Å². The van der Waals surface area contributed by atoms with Gasteiger partial charge in [-0.1, -0.05) is 61.8 Å². The minimum atomic E-state index is 0.191. The zero-order valence-corrected chi connectivity index (χ0v) is 14.1. The average molecular weight is 264 g/mol. The van der Waals surface area contributed by atoms with Gasteiger partial charge in [-0.3, -0.25) is 0 Å². The van der Waals surface area contributed by atoms with Crippen molar-refractivity contribution in [1.82, 2.24) is 9.97 Å². The molecule has 19 heavy (non-hydrogen) atoms. The summed E-state index contributed by atoms with van der Waals surface area (Å²) in [6, 6.07) is 0. The summed E-state index contributed by atoms with van der Waals surface area (Å²) in [4.78, 5) is 8.58. The SMILES string of the molecule is CCCC(C)(C)c1[nH]c(C(C)C(C)C)nc1C(C)C. The van der Waals surface area contributed by atoms with Gasteiger partial charge >= 0.3 is 0 Å². The van der Waals surface area contributed by atoms with E-state index in [-0.39, 0.29) is 5.41 Å². The Labute approximate surface area is 119 Å². The first-order valence-corrected chi connectivity index (χ1v) is 7.81. The first-order valence-electron chi connectivity index (χ1n) is 7.81. The smallest absolute Gasteiger partial charge is 0.109 e. The molecule has 0 aliphatic rings.